The van der Waals surface area contributed by atoms with Gasteiger partial charge in [0.25, 0.3) is 0 Å². The van der Waals surface area contributed by atoms with E-state index >= 15 is 0 Å². The molecule has 0 aromatic carbocycles. The van der Waals surface area contributed by atoms with E-state index in [1.54, 1.807) is 30.3 Å². The van der Waals surface area contributed by atoms with Gasteiger partial charge < -0.3 is 10.2 Å². The van der Waals surface area contributed by atoms with Gasteiger partial charge in [0.2, 0.25) is 5.95 Å². The van der Waals surface area contributed by atoms with E-state index in [1.165, 1.54) is 11.1 Å². The van der Waals surface area contributed by atoms with Gasteiger partial charge in [0.05, 0.1) is 17.4 Å². The summed E-state index contributed by atoms with van der Waals surface area (Å²) < 4.78 is 13.4. The summed E-state index contributed by atoms with van der Waals surface area (Å²) in [5.41, 5.74) is 2.89. The van der Waals surface area contributed by atoms with E-state index < -0.39 is 5.82 Å². The summed E-state index contributed by atoms with van der Waals surface area (Å²) in [6, 6.07) is 0. The number of hydrogen-bond donors (Lipinski definition) is 1. The van der Waals surface area contributed by atoms with E-state index in [9.17, 15) is 4.39 Å². The van der Waals surface area contributed by atoms with Crippen molar-refractivity contribution in [2.45, 2.75) is 13.3 Å². The first-order chi connectivity index (χ1) is 9.08. The van der Waals surface area contributed by atoms with E-state index in [1.807, 2.05) is 12.4 Å². The Morgan fingerprint density at radius 2 is 2.16 bits per heavy atom. The Hall–Kier alpha value is -1.76. The molecule has 2 aromatic rings. The van der Waals surface area contributed by atoms with Crippen LogP contribution in [-0.4, -0.2) is 35.6 Å². The number of nitrogens with zero attached hydrogens (tertiary/aromatic N) is 4. The number of thiazole rings is 1. The van der Waals surface area contributed by atoms with Gasteiger partial charge in [-0.3, -0.25) is 0 Å². The SMILES string of the molecule is Cc1ncsc1CCNc1ncc(F)c(N(C)C)n1. The van der Waals surface area contributed by atoms with Crippen LogP contribution in [-0.2, 0) is 6.42 Å². The van der Waals surface area contributed by atoms with Crippen LogP contribution in [0.15, 0.2) is 11.7 Å². The van der Waals surface area contributed by atoms with E-state index in [0.29, 0.717) is 12.5 Å². The lowest BCUT2D eigenvalue weighted by Gasteiger charge is -2.13. The Balaban J connectivity index is 1.96. The number of hydrogen-bond acceptors (Lipinski definition) is 6. The zero-order chi connectivity index (χ0) is 13.8. The molecule has 0 aliphatic rings. The third kappa shape index (κ3) is 3.37. The van der Waals surface area contributed by atoms with Gasteiger partial charge in [-0.05, 0) is 6.92 Å². The molecule has 0 aliphatic heterocycles. The van der Waals surface area contributed by atoms with Crippen molar-refractivity contribution in [3.8, 4) is 0 Å². The molecule has 2 aromatic heterocycles. The van der Waals surface area contributed by atoms with Crippen LogP contribution in [0, 0.1) is 12.7 Å². The molecule has 0 amide bonds. The number of aryl methyl sites for hydroxylation is 1. The monoisotopic (exact) mass is 281 g/mol. The maximum atomic E-state index is 13.4. The number of nitrogens with one attached hydrogen (secondary N) is 1. The summed E-state index contributed by atoms with van der Waals surface area (Å²) in [4.78, 5) is 15.1. The van der Waals surface area contributed by atoms with Gasteiger partial charge in [0.15, 0.2) is 11.6 Å². The first-order valence-corrected chi connectivity index (χ1v) is 6.78. The molecule has 0 spiro atoms. The molecule has 102 valence electrons. The number of rotatable bonds is 5. The minimum absolute atomic E-state index is 0.284. The predicted octanol–water partition coefficient (Wildman–Crippen LogP) is 2.10. The Morgan fingerprint density at radius 1 is 1.37 bits per heavy atom. The largest absolute Gasteiger partial charge is 0.360 e. The predicted molar refractivity (Wildman–Crippen MR) is 75.4 cm³/mol. The van der Waals surface area contributed by atoms with E-state index in [4.69, 9.17) is 0 Å². The third-order valence-electron chi connectivity index (χ3n) is 2.63. The van der Waals surface area contributed by atoms with Gasteiger partial charge in [-0.15, -0.1) is 11.3 Å². The second-order valence-corrected chi connectivity index (χ2v) is 5.24. The number of aromatic nitrogens is 3. The molecule has 0 fully saturated rings. The lowest BCUT2D eigenvalue weighted by Crippen LogP contribution is -2.15. The average molecular weight is 281 g/mol. The Kier molecular flexibility index (Phi) is 4.26. The van der Waals surface area contributed by atoms with Gasteiger partial charge in [0.1, 0.15) is 0 Å². The summed E-state index contributed by atoms with van der Waals surface area (Å²) in [7, 11) is 3.49. The highest BCUT2D eigenvalue weighted by molar-refractivity contribution is 7.09. The van der Waals surface area contributed by atoms with Crippen LogP contribution >= 0.6 is 11.3 Å². The standard InChI is InChI=1S/C12H16FN5S/c1-8-10(19-7-16-8)4-5-14-12-15-6-9(13)11(17-12)18(2)3/h6-7H,4-5H2,1-3H3,(H,14,15,17). The summed E-state index contributed by atoms with van der Waals surface area (Å²) in [6.45, 7) is 2.69. The van der Waals surface area contributed by atoms with E-state index in [0.717, 1.165) is 12.1 Å². The van der Waals surface area contributed by atoms with Gasteiger partial charge in [-0.1, -0.05) is 0 Å². The smallest absolute Gasteiger partial charge is 0.224 e. The number of halogens is 1. The highest BCUT2D eigenvalue weighted by atomic mass is 32.1. The molecule has 0 bridgehead atoms. The molecule has 2 rings (SSSR count). The van der Waals surface area contributed by atoms with Crippen molar-refractivity contribution in [2.75, 3.05) is 30.9 Å². The molecule has 7 heteroatoms. The van der Waals surface area contributed by atoms with Crippen LogP contribution in [0.5, 0.6) is 0 Å². The summed E-state index contributed by atoms with van der Waals surface area (Å²) in [6.07, 6.45) is 2.04. The molecule has 0 atom stereocenters. The third-order valence-corrected chi connectivity index (χ3v) is 3.62. The van der Waals surface area contributed by atoms with Crippen LogP contribution in [0.25, 0.3) is 0 Å². The average Bonchev–Trinajstić information content (AvgIpc) is 2.77. The van der Waals surface area contributed by atoms with Crippen molar-refractivity contribution >= 4 is 23.1 Å². The van der Waals surface area contributed by atoms with Gasteiger partial charge in [-0.2, -0.15) is 4.98 Å². The second-order valence-electron chi connectivity index (χ2n) is 4.30. The molecule has 0 saturated heterocycles. The maximum absolute atomic E-state index is 13.4. The molecular formula is C12H16FN5S. The van der Waals surface area contributed by atoms with Crippen molar-refractivity contribution in [1.29, 1.82) is 0 Å². The number of anilines is 2. The Bertz CT molecular complexity index is 555. The topological polar surface area (TPSA) is 53.9 Å². The zero-order valence-corrected chi connectivity index (χ0v) is 12.0. The van der Waals surface area contributed by atoms with E-state index in [2.05, 4.69) is 20.3 Å². The van der Waals surface area contributed by atoms with Crippen molar-refractivity contribution in [3.63, 3.8) is 0 Å². The van der Waals surface area contributed by atoms with Crippen molar-refractivity contribution in [2.24, 2.45) is 0 Å². The van der Waals surface area contributed by atoms with Crippen LogP contribution in [0.2, 0.25) is 0 Å². The molecule has 2 heterocycles. The Morgan fingerprint density at radius 3 is 2.79 bits per heavy atom. The quantitative estimate of drug-likeness (QED) is 0.909. The summed E-state index contributed by atoms with van der Waals surface area (Å²) in [5.74, 6) is 0.299. The molecule has 0 aliphatic carbocycles. The van der Waals surface area contributed by atoms with E-state index in [-0.39, 0.29) is 5.82 Å². The Labute approximate surface area is 115 Å². The van der Waals surface area contributed by atoms with Crippen LogP contribution in [0.3, 0.4) is 0 Å². The highest BCUT2D eigenvalue weighted by Crippen LogP contribution is 2.15. The maximum Gasteiger partial charge on any atom is 0.224 e. The molecular weight excluding hydrogens is 265 g/mol. The normalized spacial score (nSPS) is 10.5. The zero-order valence-electron chi connectivity index (χ0n) is 11.1. The van der Waals surface area contributed by atoms with Gasteiger partial charge in [-0.25, -0.2) is 14.4 Å². The minimum Gasteiger partial charge on any atom is -0.360 e. The molecule has 0 saturated carbocycles. The molecule has 5 nitrogen and oxygen atoms in total. The van der Waals surface area contributed by atoms with Crippen molar-refractivity contribution < 1.29 is 4.39 Å². The van der Waals surface area contributed by atoms with Crippen LogP contribution < -0.4 is 10.2 Å². The second kappa shape index (κ2) is 5.92. The lowest BCUT2D eigenvalue weighted by molar-refractivity contribution is 0.612. The molecule has 0 radical (unpaired) electrons. The summed E-state index contributed by atoms with van der Waals surface area (Å²) >= 11 is 1.64. The minimum atomic E-state index is -0.422. The molecule has 1 N–H and O–H groups in total. The first kappa shape index (κ1) is 13.7. The van der Waals surface area contributed by atoms with Gasteiger partial charge in [0, 0.05) is 31.9 Å². The van der Waals surface area contributed by atoms with Gasteiger partial charge >= 0.3 is 0 Å². The van der Waals surface area contributed by atoms with Crippen LogP contribution in [0.1, 0.15) is 10.6 Å². The van der Waals surface area contributed by atoms with Crippen molar-refractivity contribution in [1.82, 2.24) is 15.0 Å². The molecule has 19 heavy (non-hydrogen) atoms. The molecule has 0 unspecified atom stereocenters. The van der Waals surface area contributed by atoms with Crippen molar-refractivity contribution in [3.05, 3.63) is 28.1 Å². The lowest BCUT2D eigenvalue weighted by atomic mass is 10.3. The van der Waals surface area contributed by atoms with Crippen LogP contribution in [0.4, 0.5) is 16.2 Å². The first-order valence-electron chi connectivity index (χ1n) is 5.90. The fourth-order valence-corrected chi connectivity index (χ4v) is 2.39. The summed E-state index contributed by atoms with van der Waals surface area (Å²) in [5, 5.41) is 3.10. The fraction of sp³-hybridized carbons (Fsp3) is 0.417. The highest BCUT2D eigenvalue weighted by Gasteiger charge is 2.08. The fourth-order valence-electron chi connectivity index (χ4n) is 1.61.